The first kappa shape index (κ1) is 17.8. The molecule has 27 heavy (non-hydrogen) atoms. The van der Waals surface area contributed by atoms with E-state index >= 15 is 0 Å². The molecule has 0 saturated carbocycles. The van der Waals surface area contributed by atoms with Crippen molar-refractivity contribution < 1.29 is 14.7 Å². The second kappa shape index (κ2) is 6.53. The van der Waals surface area contributed by atoms with E-state index in [0.29, 0.717) is 13.0 Å². The van der Waals surface area contributed by atoms with E-state index in [1.54, 1.807) is 7.05 Å². The maximum atomic E-state index is 13.0. The van der Waals surface area contributed by atoms with Gasteiger partial charge in [0.05, 0.1) is 0 Å². The molecule has 8 heteroatoms. The molecule has 0 aromatic heterocycles. The number of carbonyl (C=O) groups is 2. The number of likely N-dealkylation sites (N-methyl/N-ethyl adjacent to an activating group) is 1. The summed E-state index contributed by atoms with van der Waals surface area (Å²) in [6, 6.07) is 5.47. The normalized spacial score (nSPS) is 24.5. The highest BCUT2D eigenvalue weighted by atomic mass is 16.3. The predicted octanol–water partition coefficient (Wildman–Crippen LogP) is 0.766. The number of hydrogen-bond donors (Lipinski definition) is 1. The highest BCUT2D eigenvalue weighted by Crippen LogP contribution is 2.34. The zero-order valence-corrected chi connectivity index (χ0v) is 15.9. The van der Waals surface area contributed by atoms with E-state index in [2.05, 4.69) is 36.9 Å². The van der Waals surface area contributed by atoms with Crippen LogP contribution in [0.1, 0.15) is 17.5 Å². The molecule has 1 aromatic carbocycles. The van der Waals surface area contributed by atoms with Gasteiger partial charge in [-0.15, -0.1) is 0 Å². The van der Waals surface area contributed by atoms with Gasteiger partial charge in [0.2, 0.25) is 5.96 Å². The molecule has 1 aromatic rings. The molecule has 0 bridgehead atoms. The second-order valence-electron chi connectivity index (χ2n) is 7.38. The summed E-state index contributed by atoms with van der Waals surface area (Å²) in [5.41, 5.74) is 3.41. The molecule has 0 radical (unpaired) electrons. The van der Waals surface area contributed by atoms with Gasteiger partial charge in [0.15, 0.2) is 12.2 Å². The SMILES string of the molecule is Cc1ccc(C)c(N2CCN3C2=NC2C3C(=O)N(CCCO)C(=O)N2C)c1. The Kier molecular flexibility index (Phi) is 4.30. The molecule has 0 spiro atoms. The summed E-state index contributed by atoms with van der Waals surface area (Å²) in [6.45, 7) is 5.74. The fourth-order valence-corrected chi connectivity index (χ4v) is 4.11. The van der Waals surface area contributed by atoms with Crippen molar-refractivity contribution in [2.75, 3.05) is 38.2 Å². The van der Waals surface area contributed by atoms with Crippen molar-refractivity contribution in [3.63, 3.8) is 0 Å². The zero-order chi connectivity index (χ0) is 19.3. The molecule has 8 nitrogen and oxygen atoms in total. The van der Waals surface area contributed by atoms with Gasteiger partial charge in [0.25, 0.3) is 5.91 Å². The monoisotopic (exact) mass is 371 g/mol. The summed E-state index contributed by atoms with van der Waals surface area (Å²) in [7, 11) is 1.69. The van der Waals surface area contributed by atoms with Crippen molar-refractivity contribution in [2.24, 2.45) is 4.99 Å². The Hall–Kier alpha value is -2.61. The maximum absolute atomic E-state index is 13.0. The van der Waals surface area contributed by atoms with Gasteiger partial charge in [-0.3, -0.25) is 9.69 Å². The van der Waals surface area contributed by atoms with Crippen molar-refractivity contribution in [3.8, 4) is 0 Å². The van der Waals surface area contributed by atoms with Crippen LogP contribution in [0.2, 0.25) is 0 Å². The zero-order valence-electron chi connectivity index (χ0n) is 15.9. The first-order valence-electron chi connectivity index (χ1n) is 9.32. The number of urea groups is 1. The van der Waals surface area contributed by atoms with Crippen molar-refractivity contribution >= 4 is 23.6 Å². The number of aliphatic hydroxyl groups is 1. The minimum Gasteiger partial charge on any atom is -0.396 e. The first-order valence-corrected chi connectivity index (χ1v) is 9.32. The Morgan fingerprint density at radius 3 is 2.74 bits per heavy atom. The average Bonchev–Trinajstić information content (AvgIpc) is 3.21. The smallest absolute Gasteiger partial charge is 0.328 e. The molecule has 1 N–H and O–H groups in total. The number of nitrogens with zero attached hydrogens (tertiary/aromatic N) is 5. The van der Waals surface area contributed by atoms with Crippen LogP contribution in [0.3, 0.4) is 0 Å². The topological polar surface area (TPSA) is 79.7 Å². The Bertz CT molecular complexity index is 824. The van der Waals surface area contributed by atoms with Crippen molar-refractivity contribution in [1.29, 1.82) is 0 Å². The van der Waals surface area contributed by atoms with Crippen LogP contribution in [0.25, 0.3) is 0 Å². The summed E-state index contributed by atoms with van der Waals surface area (Å²) < 4.78 is 0. The van der Waals surface area contributed by atoms with Gasteiger partial charge in [0, 0.05) is 39.0 Å². The van der Waals surface area contributed by atoms with Gasteiger partial charge < -0.3 is 19.8 Å². The van der Waals surface area contributed by atoms with Gasteiger partial charge in [-0.25, -0.2) is 9.79 Å². The lowest BCUT2D eigenvalue weighted by atomic mass is 10.1. The van der Waals surface area contributed by atoms with Crippen LogP contribution in [0.5, 0.6) is 0 Å². The number of imide groups is 1. The van der Waals surface area contributed by atoms with Crippen molar-refractivity contribution in [1.82, 2.24) is 14.7 Å². The quantitative estimate of drug-likeness (QED) is 0.846. The lowest BCUT2D eigenvalue weighted by Crippen LogP contribution is -2.64. The third-order valence-electron chi connectivity index (χ3n) is 5.57. The molecule has 4 rings (SSSR count). The number of amides is 3. The minimum absolute atomic E-state index is 0.0548. The Morgan fingerprint density at radius 2 is 2.00 bits per heavy atom. The first-order chi connectivity index (χ1) is 12.9. The van der Waals surface area contributed by atoms with Crippen LogP contribution in [0, 0.1) is 13.8 Å². The lowest BCUT2D eigenvalue weighted by molar-refractivity contribution is -0.137. The summed E-state index contributed by atoms with van der Waals surface area (Å²) in [4.78, 5) is 37.4. The maximum Gasteiger partial charge on any atom is 0.328 e. The van der Waals surface area contributed by atoms with Gasteiger partial charge >= 0.3 is 6.03 Å². The van der Waals surface area contributed by atoms with E-state index in [1.807, 2.05) is 4.90 Å². The number of rotatable bonds is 4. The molecule has 3 aliphatic rings. The number of aryl methyl sites for hydroxylation is 2. The number of anilines is 1. The molecule has 3 heterocycles. The van der Waals surface area contributed by atoms with Gasteiger partial charge in [-0.05, 0) is 37.5 Å². The number of benzene rings is 1. The molecule has 2 saturated heterocycles. The van der Waals surface area contributed by atoms with Crippen molar-refractivity contribution in [3.05, 3.63) is 29.3 Å². The molecule has 144 valence electrons. The Labute approximate surface area is 158 Å². The van der Waals surface area contributed by atoms with Crippen LogP contribution in [0.4, 0.5) is 10.5 Å². The number of hydrogen-bond acceptors (Lipinski definition) is 6. The van der Waals surface area contributed by atoms with E-state index in [9.17, 15) is 9.59 Å². The Morgan fingerprint density at radius 1 is 1.22 bits per heavy atom. The van der Waals surface area contributed by atoms with Crippen LogP contribution in [-0.2, 0) is 4.79 Å². The molecule has 3 amide bonds. The number of aliphatic imine (C=N–C) groups is 1. The molecule has 2 fully saturated rings. The van der Waals surface area contributed by atoms with Crippen LogP contribution >= 0.6 is 0 Å². The lowest BCUT2D eigenvalue weighted by Gasteiger charge is -2.40. The van der Waals surface area contributed by atoms with E-state index < -0.39 is 12.2 Å². The largest absolute Gasteiger partial charge is 0.396 e. The number of guanidine groups is 1. The van der Waals surface area contributed by atoms with E-state index in [-0.39, 0.29) is 25.1 Å². The molecular weight excluding hydrogens is 346 g/mol. The highest BCUT2D eigenvalue weighted by Gasteiger charge is 2.54. The second-order valence-corrected chi connectivity index (χ2v) is 7.38. The third kappa shape index (κ3) is 2.66. The van der Waals surface area contributed by atoms with E-state index in [4.69, 9.17) is 10.1 Å². The summed E-state index contributed by atoms with van der Waals surface area (Å²) in [5.74, 6) is 0.536. The van der Waals surface area contributed by atoms with Gasteiger partial charge in [-0.2, -0.15) is 0 Å². The van der Waals surface area contributed by atoms with Crippen LogP contribution in [0.15, 0.2) is 23.2 Å². The third-order valence-corrected chi connectivity index (χ3v) is 5.57. The fraction of sp³-hybridized carbons (Fsp3) is 0.526. The van der Waals surface area contributed by atoms with E-state index in [0.717, 1.165) is 23.8 Å². The minimum atomic E-state index is -0.502. The van der Waals surface area contributed by atoms with Gasteiger partial charge in [0.1, 0.15) is 0 Å². The van der Waals surface area contributed by atoms with Crippen molar-refractivity contribution in [2.45, 2.75) is 32.5 Å². The molecule has 0 aliphatic carbocycles. The molecule has 2 unspecified atom stereocenters. The number of aliphatic hydroxyl groups excluding tert-OH is 1. The average molecular weight is 371 g/mol. The van der Waals surface area contributed by atoms with E-state index in [1.165, 1.54) is 15.4 Å². The van der Waals surface area contributed by atoms with Crippen LogP contribution in [-0.4, -0.2) is 83.2 Å². The highest BCUT2D eigenvalue weighted by molar-refractivity contribution is 6.08. The molecule has 2 atom stereocenters. The molecular formula is C19H25N5O3. The summed E-state index contributed by atoms with van der Waals surface area (Å²) >= 11 is 0. The standard InChI is InChI=1S/C19H25N5O3/c1-12-5-6-13(2)14(11-12)22-8-9-23-15-16(20-18(22)23)21(3)19(27)24(17(15)26)7-4-10-25/h5-6,11,15-16,25H,4,7-10H2,1-3H3. The fourth-order valence-electron chi connectivity index (χ4n) is 4.11. The predicted molar refractivity (Wildman–Crippen MR) is 102 cm³/mol. The molecule has 3 aliphatic heterocycles. The number of carbonyl (C=O) groups excluding carboxylic acids is 2. The number of fused-ring (bicyclic) bond motifs is 3. The summed E-state index contributed by atoms with van der Waals surface area (Å²) in [6.07, 6.45) is -0.122. The van der Waals surface area contributed by atoms with Gasteiger partial charge in [-0.1, -0.05) is 12.1 Å². The van der Waals surface area contributed by atoms with Crippen LogP contribution < -0.4 is 4.90 Å². The Balaban J connectivity index is 1.66. The summed E-state index contributed by atoms with van der Waals surface area (Å²) in [5, 5.41) is 9.08.